The van der Waals surface area contributed by atoms with Gasteiger partial charge in [-0.15, -0.1) is 0 Å². The summed E-state index contributed by atoms with van der Waals surface area (Å²) in [6, 6.07) is 2.62. The normalized spacial score (nSPS) is 10.1. The van der Waals surface area contributed by atoms with Crippen molar-refractivity contribution in [3.8, 4) is 5.75 Å². The number of primary amides is 1. The summed E-state index contributed by atoms with van der Waals surface area (Å²) in [6.45, 7) is 2.19. The number of carbonyl (C=O) groups is 1. The highest BCUT2D eigenvalue weighted by Crippen LogP contribution is 2.30. The fraction of sp³-hybridized carbons (Fsp3) is 0.364. The lowest BCUT2D eigenvalue weighted by Crippen LogP contribution is -2.34. The van der Waals surface area contributed by atoms with Crippen molar-refractivity contribution >= 4 is 17.3 Å². The number of nitrogen functional groups attached to an aromatic ring is 1. The van der Waals surface area contributed by atoms with Gasteiger partial charge in [0.15, 0.2) is 0 Å². The van der Waals surface area contributed by atoms with Crippen molar-refractivity contribution < 1.29 is 13.9 Å². The molecular weight excluding hydrogens is 225 g/mol. The first-order chi connectivity index (χ1) is 7.99. The van der Waals surface area contributed by atoms with Crippen LogP contribution in [0.4, 0.5) is 15.8 Å². The molecule has 1 aromatic rings. The molecule has 1 rings (SSSR count). The van der Waals surface area contributed by atoms with E-state index in [0.717, 1.165) is 6.07 Å². The van der Waals surface area contributed by atoms with Crippen molar-refractivity contribution in [2.75, 3.05) is 30.8 Å². The number of amides is 1. The van der Waals surface area contributed by atoms with E-state index in [1.54, 1.807) is 6.92 Å². The minimum atomic E-state index is -0.526. The van der Waals surface area contributed by atoms with Gasteiger partial charge in [-0.05, 0) is 6.92 Å². The molecule has 0 aliphatic carbocycles. The smallest absolute Gasteiger partial charge is 0.236 e. The summed E-state index contributed by atoms with van der Waals surface area (Å²) < 4.78 is 18.7. The average Bonchev–Trinajstić information content (AvgIpc) is 2.26. The monoisotopic (exact) mass is 241 g/mol. The minimum absolute atomic E-state index is 0.0551. The number of hydrogen-bond acceptors (Lipinski definition) is 4. The average molecular weight is 241 g/mol. The van der Waals surface area contributed by atoms with E-state index in [2.05, 4.69) is 0 Å². The number of anilines is 2. The quantitative estimate of drug-likeness (QED) is 0.744. The van der Waals surface area contributed by atoms with Crippen molar-refractivity contribution in [2.24, 2.45) is 5.73 Å². The second kappa shape index (κ2) is 5.38. The molecule has 1 amide bonds. The molecule has 0 heterocycles. The molecule has 0 saturated carbocycles. The molecule has 0 bridgehead atoms. The summed E-state index contributed by atoms with van der Waals surface area (Å²) in [5.74, 6) is -0.669. The van der Waals surface area contributed by atoms with Crippen molar-refractivity contribution in [3.05, 3.63) is 17.9 Å². The van der Waals surface area contributed by atoms with E-state index in [4.69, 9.17) is 16.2 Å². The van der Waals surface area contributed by atoms with Gasteiger partial charge in [-0.2, -0.15) is 0 Å². The highest BCUT2D eigenvalue weighted by Gasteiger charge is 2.15. The standard InChI is InChI=1S/C11H16FN3O2/c1-3-15(6-11(14)16)9-5-10(17-2)8(13)4-7(9)12/h4-5H,3,6,13H2,1-2H3,(H2,14,16). The predicted octanol–water partition coefficient (Wildman–Crippen LogP) is 0.728. The Balaban J connectivity index is 3.14. The van der Waals surface area contributed by atoms with Crippen LogP contribution in [0.15, 0.2) is 12.1 Å². The number of benzene rings is 1. The molecule has 0 spiro atoms. The van der Waals surface area contributed by atoms with E-state index in [0.29, 0.717) is 12.3 Å². The summed E-state index contributed by atoms with van der Waals surface area (Å²) in [5, 5.41) is 0. The molecule has 0 atom stereocenters. The van der Waals surface area contributed by atoms with Gasteiger partial charge in [0.25, 0.3) is 0 Å². The van der Waals surface area contributed by atoms with Crippen molar-refractivity contribution in [1.29, 1.82) is 0 Å². The molecule has 17 heavy (non-hydrogen) atoms. The first-order valence-electron chi connectivity index (χ1n) is 5.15. The number of nitrogens with two attached hydrogens (primary N) is 2. The third-order valence-corrected chi connectivity index (χ3v) is 2.37. The van der Waals surface area contributed by atoms with E-state index < -0.39 is 11.7 Å². The molecule has 0 unspecified atom stereocenters. The number of hydrogen-bond donors (Lipinski definition) is 2. The molecule has 0 aromatic heterocycles. The zero-order valence-electron chi connectivity index (χ0n) is 9.87. The van der Waals surface area contributed by atoms with Gasteiger partial charge in [0.05, 0.1) is 25.0 Å². The predicted molar refractivity (Wildman–Crippen MR) is 64.4 cm³/mol. The Kier molecular flexibility index (Phi) is 4.14. The number of methoxy groups -OCH3 is 1. The number of carbonyl (C=O) groups excluding carboxylic acids is 1. The zero-order valence-corrected chi connectivity index (χ0v) is 9.87. The number of rotatable bonds is 5. The van der Waals surface area contributed by atoms with Gasteiger partial charge < -0.3 is 21.1 Å². The number of ether oxygens (including phenoxy) is 1. The van der Waals surface area contributed by atoms with Crippen molar-refractivity contribution in [3.63, 3.8) is 0 Å². The fourth-order valence-electron chi connectivity index (χ4n) is 1.53. The number of likely N-dealkylation sites (N-methyl/N-ethyl adjacent to an activating group) is 1. The molecule has 0 fully saturated rings. The van der Waals surface area contributed by atoms with Gasteiger partial charge in [-0.25, -0.2) is 4.39 Å². The molecule has 0 radical (unpaired) electrons. The summed E-state index contributed by atoms with van der Waals surface area (Å²) in [6.07, 6.45) is 0. The highest BCUT2D eigenvalue weighted by molar-refractivity contribution is 5.80. The molecule has 0 saturated heterocycles. The minimum Gasteiger partial charge on any atom is -0.495 e. The van der Waals surface area contributed by atoms with Crippen LogP contribution in [0.5, 0.6) is 5.75 Å². The van der Waals surface area contributed by atoms with E-state index in [-0.39, 0.29) is 17.9 Å². The summed E-state index contributed by atoms with van der Waals surface area (Å²) >= 11 is 0. The van der Waals surface area contributed by atoms with Crippen LogP contribution in [0.1, 0.15) is 6.92 Å². The third-order valence-electron chi connectivity index (χ3n) is 2.37. The topological polar surface area (TPSA) is 81.6 Å². The molecule has 0 aliphatic heterocycles. The summed E-state index contributed by atoms with van der Waals surface area (Å²) in [4.78, 5) is 12.4. The molecule has 94 valence electrons. The maximum atomic E-state index is 13.7. The van der Waals surface area contributed by atoms with Gasteiger partial charge in [0.2, 0.25) is 5.91 Å². The second-order valence-corrected chi connectivity index (χ2v) is 3.53. The summed E-state index contributed by atoms with van der Waals surface area (Å²) in [7, 11) is 1.44. The van der Waals surface area contributed by atoms with Gasteiger partial charge in [-0.3, -0.25) is 4.79 Å². The third kappa shape index (κ3) is 2.99. The van der Waals surface area contributed by atoms with E-state index in [1.807, 2.05) is 0 Å². The van der Waals surface area contributed by atoms with Crippen LogP contribution in [0, 0.1) is 5.82 Å². The van der Waals surface area contributed by atoms with E-state index in [1.165, 1.54) is 18.1 Å². The van der Waals surface area contributed by atoms with Crippen molar-refractivity contribution in [1.82, 2.24) is 0 Å². The Morgan fingerprint density at radius 1 is 1.53 bits per heavy atom. The van der Waals surface area contributed by atoms with E-state index in [9.17, 15) is 9.18 Å². The highest BCUT2D eigenvalue weighted by atomic mass is 19.1. The lowest BCUT2D eigenvalue weighted by Gasteiger charge is -2.22. The fourth-order valence-corrected chi connectivity index (χ4v) is 1.53. The summed E-state index contributed by atoms with van der Waals surface area (Å²) in [5.41, 5.74) is 11.1. The van der Waals surface area contributed by atoms with Crippen LogP contribution in [-0.4, -0.2) is 26.1 Å². The largest absolute Gasteiger partial charge is 0.495 e. The van der Waals surface area contributed by atoms with Crippen LogP contribution in [0.2, 0.25) is 0 Å². The first kappa shape index (κ1) is 13.1. The van der Waals surface area contributed by atoms with Gasteiger partial charge in [0.1, 0.15) is 11.6 Å². The number of nitrogens with zero attached hydrogens (tertiary/aromatic N) is 1. The molecule has 1 aromatic carbocycles. The Morgan fingerprint density at radius 2 is 2.18 bits per heavy atom. The Morgan fingerprint density at radius 3 is 2.65 bits per heavy atom. The van der Waals surface area contributed by atoms with Crippen LogP contribution in [-0.2, 0) is 4.79 Å². The van der Waals surface area contributed by atoms with Gasteiger partial charge in [0, 0.05) is 18.7 Å². The molecule has 5 nitrogen and oxygen atoms in total. The second-order valence-electron chi connectivity index (χ2n) is 3.53. The van der Waals surface area contributed by atoms with E-state index >= 15 is 0 Å². The maximum absolute atomic E-state index is 13.7. The lowest BCUT2D eigenvalue weighted by molar-refractivity contribution is -0.116. The van der Waals surface area contributed by atoms with Crippen molar-refractivity contribution in [2.45, 2.75) is 6.92 Å². The molecule has 6 heteroatoms. The van der Waals surface area contributed by atoms with Crippen LogP contribution in [0.25, 0.3) is 0 Å². The van der Waals surface area contributed by atoms with Crippen LogP contribution >= 0.6 is 0 Å². The Labute approximate surface area is 99.1 Å². The zero-order chi connectivity index (χ0) is 13.0. The van der Waals surface area contributed by atoms with Crippen LogP contribution in [0.3, 0.4) is 0 Å². The Hall–Kier alpha value is -1.98. The number of halogens is 1. The molecular formula is C11H16FN3O2. The molecule has 4 N–H and O–H groups in total. The maximum Gasteiger partial charge on any atom is 0.236 e. The lowest BCUT2D eigenvalue weighted by atomic mass is 10.2. The van der Waals surface area contributed by atoms with Crippen LogP contribution < -0.4 is 21.1 Å². The Bertz CT molecular complexity index is 423. The SMILES string of the molecule is CCN(CC(N)=O)c1cc(OC)c(N)cc1F. The van der Waals surface area contributed by atoms with Gasteiger partial charge >= 0.3 is 0 Å². The van der Waals surface area contributed by atoms with Gasteiger partial charge in [-0.1, -0.05) is 0 Å². The molecule has 0 aliphatic rings. The first-order valence-corrected chi connectivity index (χ1v) is 5.15.